The molecule has 1 saturated heterocycles. The number of carbonyl (C=O) groups excluding carboxylic acids is 2. The number of thiocarbonyl (C=S) groups is 1. The Balaban J connectivity index is 1.86. The van der Waals surface area contributed by atoms with Crippen LogP contribution in [0.5, 0.6) is 5.75 Å². The molecule has 138 valence electrons. The van der Waals surface area contributed by atoms with E-state index in [0.29, 0.717) is 21.8 Å². The second-order valence-corrected chi connectivity index (χ2v) is 8.78. The molecule has 5 nitrogen and oxygen atoms in total. The van der Waals surface area contributed by atoms with E-state index in [4.69, 9.17) is 17.0 Å². The Morgan fingerprint density at radius 2 is 1.96 bits per heavy atom. The van der Waals surface area contributed by atoms with Crippen LogP contribution in [0.3, 0.4) is 0 Å². The van der Waals surface area contributed by atoms with Gasteiger partial charge in [-0.3, -0.25) is 15.0 Å². The Morgan fingerprint density at radius 1 is 1.26 bits per heavy atom. The molecule has 9 heteroatoms. The Bertz CT molecular complexity index is 965. The summed E-state index contributed by atoms with van der Waals surface area (Å²) in [6.45, 7) is 0. The summed E-state index contributed by atoms with van der Waals surface area (Å²) in [5, 5.41) is 1.08. The van der Waals surface area contributed by atoms with E-state index < -0.39 is 11.8 Å². The summed E-state index contributed by atoms with van der Waals surface area (Å²) >= 11 is 13.2. The number of nitrogens with one attached hydrogen (secondary N) is 1. The van der Waals surface area contributed by atoms with Crippen molar-refractivity contribution >= 4 is 78.1 Å². The number of hydrogen-bond acceptors (Lipinski definition) is 5. The molecule has 1 N–H and O–H groups in total. The second-order valence-electron chi connectivity index (χ2n) is 5.33. The number of halogens is 2. The van der Waals surface area contributed by atoms with E-state index in [1.807, 2.05) is 18.2 Å². The van der Waals surface area contributed by atoms with Gasteiger partial charge < -0.3 is 4.74 Å². The highest BCUT2D eigenvalue weighted by molar-refractivity contribution is 9.11. The highest BCUT2D eigenvalue weighted by Gasteiger charge is 2.34. The molecule has 0 saturated carbocycles. The molecular formula is C18H12Br2N2O3S2. The maximum absolute atomic E-state index is 12.7. The smallest absolute Gasteiger partial charge is 0.285 e. The minimum atomic E-state index is -0.407. The third-order valence-corrected chi connectivity index (χ3v) is 5.92. The van der Waals surface area contributed by atoms with Crippen LogP contribution in [0, 0.1) is 0 Å². The monoisotopic (exact) mass is 526 g/mol. The van der Waals surface area contributed by atoms with Gasteiger partial charge in [-0.15, -0.1) is 0 Å². The Kier molecular flexibility index (Phi) is 6.36. The van der Waals surface area contributed by atoms with Crippen molar-refractivity contribution < 1.29 is 14.3 Å². The molecule has 0 aliphatic carbocycles. The van der Waals surface area contributed by atoms with Gasteiger partial charge in [0.15, 0.2) is 4.32 Å². The lowest BCUT2D eigenvalue weighted by Crippen LogP contribution is -2.44. The van der Waals surface area contributed by atoms with E-state index in [0.717, 1.165) is 25.7 Å². The molecule has 2 aromatic carbocycles. The minimum Gasteiger partial charge on any atom is -0.495 e. The number of carbonyl (C=O) groups is 2. The van der Waals surface area contributed by atoms with Crippen molar-refractivity contribution in [2.24, 2.45) is 0 Å². The van der Waals surface area contributed by atoms with Crippen LogP contribution >= 0.6 is 55.8 Å². The van der Waals surface area contributed by atoms with E-state index in [2.05, 4.69) is 37.3 Å². The summed E-state index contributed by atoms with van der Waals surface area (Å²) < 4.78 is 7.23. The first-order valence-electron chi connectivity index (χ1n) is 7.57. The van der Waals surface area contributed by atoms with Gasteiger partial charge in [-0.2, -0.15) is 5.01 Å². The fourth-order valence-corrected chi connectivity index (χ4v) is 4.95. The molecule has 0 unspecified atom stereocenters. The molecule has 2 amide bonds. The molecular weight excluding hydrogens is 516 g/mol. The standard InChI is InChI=1S/C18H12Br2N2O3S2/c1-25-15-11(7-12(19)9-13(15)20)8-14-17(24)22(18(26)27-14)21-16(23)10-5-3-2-4-6-10/h2-9H,1H3,(H,21,23). The van der Waals surface area contributed by atoms with Crippen molar-refractivity contribution in [1.29, 1.82) is 0 Å². The summed E-state index contributed by atoms with van der Waals surface area (Å²) in [6, 6.07) is 12.3. The molecule has 0 aromatic heterocycles. The second kappa shape index (κ2) is 8.55. The number of amides is 2. The number of benzene rings is 2. The van der Waals surface area contributed by atoms with E-state index >= 15 is 0 Å². The number of rotatable bonds is 4. The number of ether oxygens (including phenoxy) is 1. The predicted octanol–water partition coefficient (Wildman–Crippen LogP) is 4.77. The largest absolute Gasteiger partial charge is 0.495 e. The molecule has 1 fully saturated rings. The highest BCUT2D eigenvalue weighted by Crippen LogP contribution is 2.37. The van der Waals surface area contributed by atoms with Crippen molar-refractivity contribution in [3.05, 3.63) is 67.4 Å². The summed E-state index contributed by atoms with van der Waals surface area (Å²) in [7, 11) is 1.55. The fourth-order valence-electron chi connectivity index (χ4n) is 2.36. The Hall–Kier alpha value is -1.68. The number of nitrogens with zero attached hydrogens (tertiary/aromatic N) is 1. The summed E-state index contributed by atoms with van der Waals surface area (Å²) in [4.78, 5) is 25.4. The van der Waals surface area contributed by atoms with Gasteiger partial charge in [-0.1, -0.05) is 45.9 Å². The third-order valence-electron chi connectivity index (χ3n) is 3.57. The van der Waals surface area contributed by atoms with E-state index in [1.54, 1.807) is 37.5 Å². The lowest BCUT2D eigenvalue weighted by Gasteiger charge is -2.15. The normalized spacial score (nSPS) is 15.4. The Morgan fingerprint density at radius 3 is 2.63 bits per heavy atom. The van der Waals surface area contributed by atoms with Gasteiger partial charge in [0.25, 0.3) is 11.8 Å². The zero-order chi connectivity index (χ0) is 19.6. The van der Waals surface area contributed by atoms with Crippen molar-refractivity contribution in [2.75, 3.05) is 7.11 Å². The van der Waals surface area contributed by atoms with Gasteiger partial charge in [0.1, 0.15) is 5.75 Å². The molecule has 27 heavy (non-hydrogen) atoms. The third kappa shape index (κ3) is 4.43. The summed E-state index contributed by atoms with van der Waals surface area (Å²) in [5.41, 5.74) is 3.69. The van der Waals surface area contributed by atoms with Crippen molar-refractivity contribution in [2.45, 2.75) is 0 Å². The SMILES string of the molecule is COc1c(Br)cc(Br)cc1C=C1SC(=S)N(NC(=O)c2ccccc2)C1=O. The molecule has 0 spiro atoms. The van der Waals surface area contributed by atoms with Gasteiger partial charge in [0.2, 0.25) is 0 Å². The van der Waals surface area contributed by atoms with Crippen molar-refractivity contribution in [3.8, 4) is 5.75 Å². The number of methoxy groups -OCH3 is 1. The van der Waals surface area contributed by atoms with E-state index in [1.165, 1.54) is 0 Å². The van der Waals surface area contributed by atoms with Crippen LogP contribution < -0.4 is 10.2 Å². The average molecular weight is 528 g/mol. The van der Waals surface area contributed by atoms with Crippen LogP contribution in [0.4, 0.5) is 0 Å². The molecule has 0 atom stereocenters. The van der Waals surface area contributed by atoms with Crippen LogP contribution in [0.2, 0.25) is 0 Å². The topological polar surface area (TPSA) is 58.6 Å². The van der Waals surface area contributed by atoms with Gasteiger partial charge in [-0.05, 0) is 58.5 Å². The number of hydrazine groups is 1. The molecule has 2 aromatic rings. The van der Waals surface area contributed by atoms with Gasteiger partial charge in [-0.25, -0.2) is 0 Å². The first-order valence-corrected chi connectivity index (χ1v) is 10.4. The predicted molar refractivity (Wildman–Crippen MR) is 117 cm³/mol. The molecule has 0 bridgehead atoms. The minimum absolute atomic E-state index is 0.253. The van der Waals surface area contributed by atoms with Crippen LogP contribution in [0.25, 0.3) is 6.08 Å². The van der Waals surface area contributed by atoms with Crippen LogP contribution in [0.1, 0.15) is 15.9 Å². The quantitative estimate of drug-likeness (QED) is 0.458. The zero-order valence-corrected chi connectivity index (χ0v) is 18.7. The number of thioether (sulfide) groups is 1. The fraction of sp³-hybridized carbons (Fsp3) is 0.0556. The van der Waals surface area contributed by atoms with Crippen molar-refractivity contribution in [3.63, 3.8) is 0 Å². The summed E-state index contributed by atoms with van der Waals surface area (Å²) in [5.74, 6) is -0.208. The Labute approximate surface area is 182 Å². The molecule has 1 aliphatic rings. The number of hydrogen-bond donors (Lipinski definition) is 1. The lowest BCUT2D eigenvalue weighted by atomic mass is 10.2. The first-order chi connectivity index (χ1) is 12.9. The maximum Gasteiger partial charge on any atom is 0.285 e. The molecule has 1 heterocycles. The van der Waals surface area contributed by atoms with Crippen LogP contribution in [-0.2, 0) is 4.79 Å². The van der Waals surface area contributed by atoms with E-state index in [9.17, 15) is 9.59 Å². The molecule has 1 aliphatic heterocycles. The average Bonchev–Trinajstić information content (AvgIpc) is 2.89. The van der Waals surface area contributed by atoms with Gasteiger partial charge >= 0.3 is 0 Å². The first kappa shape index (κ1) is 20.1. The molecule has 0 radical (unpaired) electrons. The lowest BCUT2D eigenvalue weighted by molar-refractivity contribution is -0.123. The highest BCUT2D eigenvalue weighted by atomic mass is 79.9. The van der Waals surface area contributed by atoms with Crippen molar-refractivity contribution in [1.82, 2.24) is 10.4 Å². The van der Waals surface area contributed by atoms with Gasteiger partial charge in [0.05, 0.1) is 16.5 Å². The zero-order valence-electron chi connectivity index (χ0n) is 13.9. The van der Waals surface area contributed by atoms with Crippen LogP contribution in [0.15, 0.2) is 56.3 Å². The van der Waals surface area contributed by atoms with Crippen LogP contribution in [-0.4, -0.2) is 28.3 Å². The van der Waals surface area contributed by atoms with E-state index in [-0.39, 0.29) is 4.32 Å². The van der Waals surface area contributed by atoms with Gasteiger partial charge in [0, 0.05) is 15.6 Å². The molecule has 3 rings (SSSR count). The summed E-state index contributed by atoms with van der Waals surface area (Å²) in [6.07, 6.45) is 1.68. The maximum atomic E-state index is 12.7.